The van der Waals surface area contributed by atoms with Crippen molar-refractivity contribution in [3.05, 3.63) is 70.3 Å². The van der Waals surface area contributed by atoms with Gasteiger partial charge in [0.25, 0.3) is 5.69 Å². The molecule has 1 unspecified atom stereocenters. The number of nitrogens with one attached hydrogen (secondary N) is 2. The first-order valence-corrected chi connectivity index (χ1v) is 8.90. The highest BCUT2D eigenvalue weighted by Crippen LogP contribution is 2.23. The van der Waals surface area contributed by atoms with E-state index in [1.165, 1.54) is 30.8 Å². The summed E-state index contributed by atoms with van der Waals surface area (Å²) in [4.78, 5) is 34.8. The summed E-state index contributed by atoms with van der Waals surface area (Å²) in [7, 11) is 0. The minimum absolute atomic E-state index is 0.0143. The molecule has 0 aliphatic carbocycles. The van der Waals surface area contributed by atoms with Crippen molar-refractivity contribution in [1.82, 2.24) is 10.6 Å². The van der Waals surface area contributed by atoms with E-state index >= 15 is 0 Å². The zero-order chi connectivity index (χ0) is 18.9. The number of hydrogen-bond acceptors (Lipinski definition) is 5. The predicted molar refractivity (Wildman–Crippen MR) is 99.7 cm³/mol. The Hall–Kier alpha value is -2.87. The summed E-state index contributed by atoms with van der Waals surface area (Å²) in [6.07, 6.45) is 0. The lowest BCUT2D eigenvalue weighted by molar-refractivity contribution is -0.385. The van der Waals surface area contributed by atoms with Crippen molar-refractivity contribution in [3.8, 4) is 0 Å². The summed E-state index contributed by atoms with van der Waals surface area (Å²) < 4.78 is 0. The highest BCUT2D eigenvalue weighted by Gasteiger charge is 2.20. The van der Waals surface area contributed by atoms with Gasteiger partial charge in [-0.05, 0) is 11.6 Å². The molecule has 0 saturated carbocycles. The van der Waals surface area contributed by atoms with Gasteiger partial charge in [-0.2, -0.15) is 0 Å². The van der Waals surface area contributed by atoms with Crippen LogP contribution in [0.2, 0.25) is 0 Å². The van der Waals surface area contributed by atoms with Crippen LogP contribution in [0.15, 0.2) is 59.5 Å². The van der Waals surface area contributed by atoms with Gasteiger partial charge in [0.1, 0.15) is 6.04 Å². The topological polar surface area (TPSA) is 101 Å². The van der Waals surface area contributed by atoms with Gasteiger partial charge in [-0.1, -0.05) is 36.4 Å². The number of benzene rings is 2. The Kier molecular flexibility index (Phi) is 7.16. The average molecular weight is 373 g/mol. The number of carbonyl (C=O) groups excluding carboxylic acids is 2. The van der Waals surface area contributed by atoms with E-state index < -0.39 is 11.0 Å². The molecular weight excluding hydrogens is 354 g/mol. The third-order valence-electron chi connectivity index (χ3n) is 3.45. The largest absolute Gasteiger partial charge is 0.350 e. The van der Waals surface area contributed by atoms with Crippen molar-refractivity contribution in [1.29, 1.82) is 0 Å². The maximum Gasteiger partial charge on any atom is 0.270 e. The Morgan fingerprint density at radius 1 is 1.15 bits per heavy atom. The van der Waals surface area contributed by atoms with E-state index in [2.05, 4.69) is 10.6 Å². The maximum atomic E-state index is 12.4. The van der Waals surface area contributed by atoms with Gasteiger partial charge in [-0.25, -0.2) is 0 Å². The minimum Gasteiger partial charge on any atom is -0.350 e. The van der Waals surface area contributed by atoms with Crippen LogP contribution >= 0.6 is 11.8 Å². The van der Waals surface area contributed by atoms with Crippen LogP contribution in [0.1, 0.15) is 12.5 Å². The van der Waals surface area contributed by atoms with Crippen LogP contribution in [-0.2, 0) is 16.1 Å². The molecule has 136 valence electrons. The predicted octanol–water partition coefficient (Wildman–Crippen LogP) is 2.51. The molecule has 1 atom stereocenters. The SMILES string of the molecule is CC(=O)NC(CSc1cccc([N+](=O)[O-])c1)C(=O)NCc1ccccc1. The highest BCUT2D eigenvalue weighted by atomic mass is 32.2. The maximum absolute atomic E-state index is 12.4. The number of carbonyl (C=O) groups is 2. The molecule has 0 heterocycles. The average Bonchev–Trinajstić information content (AvgIpc) is 2.64. The van der Waals surface area contributed by atoms with Crippen LogP contribution in [0.3, 0.4) is 0 Å². The lowest BCUT2D eigenvalue weighted by Crippen LogP contribution is -2.47. The second-order valence-electron chi connectivity index (χ2n) is 5.52. The molecule has 0 spiro atoms. The molecule has 0 aromatic heterocycles. The molecule has 2 aromatic rings. The molecule has 2 rings (SSSR count). The Morgan fingerprint density at radius 2 is 1.88 bits per heavy atom. The van der Waals surface area contributed by atoms with Gasteiger partial charge in [0.15, 0.2) is 0 Å². The molecule has 0 bridgehead atoms. The van der Waals surface area contributed by atoms with Crippen LogP contribution < -0.4 is 10.6 Å². The van der Waals surface area contributed by atoms with Crippen molar-refractivity contribution < 1.29 is 14.5 Å². The van der Waals surface area contributed by atoms with Crippen molar-refractivity contribution in [2.75, 3.05) is 5.75 Å². The van der Waals surface area contributed by atoms with Gasteiger partial charge in [0.05, 0.1) is 4.92 Å². The number of nitro benzene ring substituents is 1. The van der Waals surface area contributed by atoms with E-state index in [1.807, 2.05) is 30.3 Å². The van der Waals surface area contributed by atoms with Crippen LogP contribution in [0, 0.1) is 10.1 Å². The summed E-state index contributed by atoms with van der Waals surface area (Å²) in [6, 6.07) is 14.9. The lowest BCUT2D eigenvalue weighted by Gasteiger charge is -2.17. The van der Waals surface area contributed by atoms with E-state index in [4.69, 9.17) is 0 Å². The molecule has 0 radical (unpaired) electrons. The fourth-order valence-electron chi connectivity index (χ4n) is 2.20. The summed E-state index contributed by atoms with van der Waals surface area (Å²) in [5.74, 6) is -0.354. The van der Waals surface area contributed by atoms with Crippen molar-refractivity contribution in [3.63, 3.8) is 0 Å². The van der Waals surface area contributed by atoms with E-state index in [-0.39, 0.29) is 23.3 Å². The summed E-state index contributed by atoms with van der Waals surface area (Å²) in [6.45, 7) is 1.70. The normalized spacial score (nSPS) is 11.4. The minimum atomic E-state index is -0.736. The van der Waals surface area contributed by atoms with Gasteiger partial charge in [-0.15, -0.1) is 11.8 Å². The van der Waals surface area contributed by atoms with Crippen molar-refractivity contribution >= 4 is 29.3 Å². The van der Waals surface area contributed by atoms with Crippen molar-refractivity contribution in [2.24, 2.45) is 0 Å². The lowest BCUT2D eigenvalue weighted by atomic mass is 10.2. The monoisotopic (exact) mass is 373 g/mol. The summed E-state index contributed by atoms with van der Waals surface area (Å²) in [5.41, 5.74) is 0.938. The quantitative estimate of drug-likeness (QED) is 0.421. The first kappa shape index (κ1) is 19.5. The smallest absolute Gasteiger partial charge is 0.270 e. The Labute approximate surface area is 155 Å². The Bertz CT molecular complexity index is 783. The van der Waals surface area contributed by atoms with E-state index in [9.17, 15) is 19.7 Å². The molecule has 8 heteroatoms. The molecule has 0 aliphatic heterocycles. The molecule has 0 fully saturated rings. The first-order chi connectivity index (χ1) is 12.5. The number of nitro groups is 1. The number of hydrogen-bond donors (Lipinski definition) is 2. The second-order valence-corrected chi connectivity index (χ2v) is 6.62. The molecule has 26 heavy (non-hydrogen) atoms. The third kappa shape index (κ3) is 6.21. The van der Waals surface area contributed by atoms with E-state index in [0.717, 1.165) is 5.56 Å². The molecule has 0 aliphatic rings. The van der Waals surface area contributed by atoms with E-state index in [1.54, 1.807) is 12.1 Å². The van der Waals surface area contributed by atoms with Crippen molar-refractivity contribution in [2.45, 2.75) is 24.4 Å². The molecule has 2 aromatic carbocycles. The van der Waals surface area contributed by atoms with E-state index in [0.29, 0.717) is 11.4 Å². The zero-order valence-electron chi connectivity index (χ0n) is 14.2. The fraction of sp³-hybridized carbons (Fsp3) is 0.222. The fourth-order valence-corrected chi connectivity index (χ4v) is 3.18. The van der Waals surface area contributed by atoms with Crippen LogP contribution in [-0.4, -0.2) is 28.5 Å². The first-order valence-electron chi connectivity index (χ1n) is 7.91. The third-order valence-corrected chi connectivity index (χ3v) is 4.54. The summed E-state index contributed by atoms with van der Waals surface area (Å²) >= 11 is 1.27. The molecule has 0 saturated heterocycles. The van der Waals surface area contributed by atoms with Gasteiger partial charge < -0.3 is 10.6 Å². The van der Waals surface area contributed by atoms with Crippen LogP contribution in [0.4, 0.5) is 5.69 Å². The van der Waals surface area contributed by atoms with Gasteiger partial charge in [0, 0.05) is 36.2 Å². The second kappa shape index (κ2) is 9.57. The molecule has 7 nitrogen and oxygen atoms in total. The number of non-ortho nitro benzene ring substituents is 1. The number of nitrogens with zero attached hydrogens (tertiary/aromatic N) is 1. The number of amides is 2. The van der Waals surface area contributed by atoms with Gasteiger partial charge in [-0.3, -0.25) is 19.7 Å². The zero-order valence-corrected chi connectivity index (χ0v) is 15.0. The molecule has 2 amide bonds. The van der Waals surface area contributed by atoms with Gasteiger partial charge >= 0.3 is 0 Å². The number of thioether (sulfide) groups is 1. The Balaban J connectivity index is 1.97. The standard InChI is InChI=1S/C18H19N3O4S/c1-13(22)20-17(18(23)19-11-14-6-3-2-4-7-14)12-26-16-9-5-8-15(10-16)21(24)25/h2-10,17H,11-12H2,1H3,(H,19,23)(H,20,22). The van der Waals surface area contributed by atoms with Crippen LogP contribution in [0.25, 0.3) is 0 Å². The molecule has 2 N–H and O–H groups in total. The van der Waals surface area contributed by atoms with Crippen LogP contribution in [0.5, 0.6) is 0 Å². The number of rotatable bonds is 8. The molecular formula is C18H19N3O4S. The highest BCUT2D eigenvalue weighted by molar-refractivity contribution is 7.99. The van der Waals surface area contributed by atoms with Gasteiger partial charge in [0.2, 0.25) is 11.8 Å². The Morgan fingerprint density at radius 3 is 2.54 bits per heavy atom. The summed E-state index contributed by atoms with van der Waals surface area (Å²) in [5, 5.41) is 16.3.